The molecule has 2 aromatic carbocycles. The quantitative estimate of drug-likeness (QED) is 0.155. The van der Waals surface area contributed by atoms with Crippen LogP contribution in [0.2, 0.25) is 0 Å². The van der Waals surface area contributed by atoms with Crippen molar-refractivity contribution < 1.29 is 30.7 Å². The number of halogens is 4. The van der Waals surface area contributed by atoms with Crippen molar-refractivity contribution in [3.63, 3.8) is 0 Å². The molecular weight excluding hydrogens is 546 g/mol. The van der Waals surface area contributed by atoms with Crippen molar-refractivity contribution in [2.45, 2.75) is 52.0 Å². The maximum absolute atomic E-state index is 14.5. The molecule has 1 saturated carbocycles. The van der Waals surface area contributed by atoms with Gasteiger partial charge in [0.15, 0.2) is 0 Å². The maximum atomic E-state index is 14.5. The van der Waals surface area contributed by atoms with Crippen LogP contribution in [0, 0.1) is 28.4 Å². The second-order valence-electron chi connectivity index (χ2n) is 10.7. The molecule has 2 aromatic rings. The third-order valence-corrected chi connectivity index (χ3v) is 10.1. The molecule has 0 amide bonds. The zero-order chi connectivity index (χ0) is 29.9. The van der Waals surface area contributed by atoms with Crippen molar-refractivity contribution in [2.24, 2.45) is 27.0 Å². The van der Waals surface area contributed by atoms with E-state index in [9.17, 15) is 26.0 Å². The van der Waals surface area contributed by atoms with Gasteiger partial charge in [-0.05, 0) is 77.6 Å². The summed E-state index contributed by atoms with van der Waals surface area (Å²) in [4.78, 5) is -0.0271. The molecule has 0 N–H and O–H groups in total. The Labute approximate surface area is 233 Å². The van der Waals surface area contributed by atoms with Crippen LogP contribution >= 0.6 is 0 Å². The van der Waals surface area contributed by atoms with Crippen LogP contribution in [0.4, 0.5) is 17.6 Å². The van der Waals surface area contributed by atoms with Gasteiger partial charge in [0.05, 0.1) is 16.2 Å². The third-order valence-electron chi connectivity index (χ3n) is 8.17. The van der Waals surface area contributed by atoms with Crippen molar-refractivity contribution in [3.05, 3.63) is 77.9 Å². The average molecular weight is 582 g/mol. The lowest BCUT2D eigenvalue weighted by Crippen LogP contribution is -2.46. The number of allylic oxidation sites excluding steroid dienone is 2. The SMILES string of the molecule is C=C(/C=C(\N=NC)c1c(F)cccc1F)C1CCC(C)(CN(CC)S(=O)(=O)c2ccc(OC(F)F)cc2)C1(C)C. The van der Waals surface area contributed by atoms with Gasteiger partial charge >= 0.3 is 6.61 Å². The highest BCUT2D eigenvalue weighted by atomic mass is 32.2. The Kier molecular flexibility index (Phi) is 9.62. The molecule has 0 heterocycles. The van der Waals surface area contributed by atoms with Crippen molar-refractivity contribution in [1.29, 1.82) is 0 Å². The molecule has 40 heavy (non-hydrogen) atoms. The molecule has 1 fully saturated rings. The highest BCUT2D eigenvalue weighted by Gasteiger charge is 2.53. The van der Waals surface area contributed by atoms with Gasteiger partial charge in [-0.25, -0.2) is 17.2 Å². The van der Waals surface area contributed by atoms with E-state index in [1.54, 1.807) is 13.0 Å². The van der Waals surface area contributed by atoms with Gasteiger partial charge in [-0.1, -0.05) is 40.3 Å². The summed E-state index contributed by atoms with van der Waals surface area (Å²) >= 11 is 0. The number of ether oxygens (including phenoxy) is 1. The first-order chi connectivity index (χ1) is 18.7. The van der Waals surface area contributed by atoms with Crippen LogP contribution in [-0.2, 0) is 10.0 Å². The van der Waals surface area contributed by atoms with Crippen molar-refractivity contribution in [3.8, 4) is 5.75 Å². The number of nitrogens with zero attached hydrogens (tertiary/aromatic N) is 3. The fourth-order valence-corrected chi connectivity index (χ4v) is 7.05. The summed E-state index contributed by atoms with van der Waals surface area (Å²) in [7, 11) is -2.53. The van der Waals surface area contributed by atoms with Crippen LogP contribution in [0.1, 0.15) is 46.1 Å². The first kappa shape index (κ1) is 31.5. The second kappa shape index (κ2) is 12.2. The van der Waals surface area contributed by atoms with E-state index in [0.29, 0.717) is 18.4 Å². The van der Waals surface area contributed by atoms with E-state index in [1.807, 2.05) is 20.8 Å². The summed E-state index contributed by atoms with van der Waals surface area (Å²) in [5.74, 6) is -1.80. The van der Waals surface area contributed by atoms with Gasteiger partial charge in [0.1, 0.15) is 17.4 Å². The summed E-state index contributed by atoms with van der Waals surface area (Å²) in [6.07, 6.45) is 2.89. The van der Waals surface area contributed by atoms with Crippen molar-refractivity contribution >= 4 is 15.7 Å². The molecular formula is C29H35F4N3O3S. The Morgan fingerprint density at radius 1 is 1.15 bits per heavy atom. The third kappa shape index (κ3) is 6.30. The minimum Gasteiger partial charge on any atom is -0.435 e. The van der Waals surface area contributed by atoms with E-state index in [4.69, 9.17) is 0 Å². The predicted molar refractivity (Wildman–Crippen MR) is 146 cm³/mol. The first-order valence-electron chi connectivity index (χ1n) is 12.9. The summed E-state index contributed by atoms with van der Waals surface area (Å²) in [5, 5.41) is 7.70. The van der Waals surface area contributed by atoms with E-state index in [1.165, 1.54) is 41.7 Å². The van der Waals surface area contributed by atoms with E-state index < -0.39 is 39.1 Å². The Bertz CT molecular complexity index is 1370. The van der Waals surface area contributed by atoms with Gasteiger partial charge < -0.3 is 4.74 Å². The van der Waals surface area contributed by atoms with Gasteiger partial charge in [-0.15, -0.1) is 0 Å². The molecule has 2 atom stereocenters. The normalized spacial score (nSPS) is 21.5. The number of benzene rings is 2. The first-order valence-corrected chi connectivity index (χ1v) is 14.3. The van der Waals surface area contributed by atoms with Gasteiger partial charge in [0.25, 0.3) is 0 Å². The fraction of sp³-hybridized carbons (Fsp3) is 0.448. The average Bonchev–Trinajstić information content (AvgIpc) is 3.10. The Hall–Kier alpha value is -3.05. The number of sulfonamides is 1. The summed E-state index contributed by atoms with van der Waals surface area (Å²) in [6.45, 7) is 9.42. The largest absolute Gasteiger partial charge is 0.435 e. The molecule has 6 nitrogen and oxygen atoms in total. The molecule has 1 aliphatic carbocycles. The molecule has 0 aromatic heterocycles. The highest BCUT2D eigenvalue weighted by Crippen LogP contribution is 2.58. The molecule has 0 saturated heterocycles. The van der Waals surface area contributed by atoms with Gasteiger partial charge in [-0.2, -0.15) is 23.3 Å². The molecule has 2 unspecified atom stereocenters. The zero-order valence-electron chi connectivity index (χ0n) is 23.3. The van der Waals surface area contributed by atoms with E-state index in [0.717, 1.165) is 12.1 Å². The number of hydrogen-bond donors (Lipinski definition) is 0. The minimum absolute atomic E-state index is 0.0181. The van der Waals surface area contributed by atoms with E-state index in [2.05, 4.69) is 21.5 Å². The van der Waals surface area contributed by atoms with Crippen molar-refractivity contribution in [2.75, 3.05) is 20.1 Å². The number of alkyl halides is 2. The minimum atomic E-state index is -3.94. The lowest BCUT2D eigenvalue weighted by molar-refractivity contribution is -0.0498. The summed E-state index contributed by atoms with van der Waals surface area (Å²) in [6, 6.07) is 8.46. The van der Waals surface area contributed by atoms with Gasteiger partial charge in [-0.3, -0.25) is 0 Å². The van der Waals surface area contributed by atoms with Gasteiger partial charge in [0.2, 0.25) is 10.0 Å². The smallest absolute Gasteiger partial charge is 0.387 e. The molecule has 11 heteroatoms. The fourth-order valence-electron chi connectivity index (χ4n) is 5.47. The highest BCUT2D eigenvalue weighted by molar-refractivity contribution is 7.89. The van der Waals surface area contributed by atoms with Gasteiger partial charge in [0, 0.05) is 20.1 Å². The molecule has 218 valence electrons. The Morgan fingerprint density at radius 2 is 1.75 bits per heavy atom. The van der Waals surface area contributed by atoms with Crippen LogP contribution in [-0.4, -0.2) is 39.5 Å². The Balaban J connectivity index is 1.88. The standard InChI is InChI=1S/C29H35F4N3O3S/c1-7-36(40(37,38)21-13-11-20(12-14-21)39-27(32)33)18-29(5)16-15-22(28(29,3)4)19(2)17-25(35-34-6)26-23(30)9-8-10-24(26)31/h8-14,17,22,27H,2,7,15-16,18H2,1,3-6H3/b25-17-,35-34?. The summed E-state index contributed by atoms with van der Waals surface area (Å²) in [5.41, 5.74) is -0.628. The molecule has 0 radical (unpaired) electrons. The lowest BCUT2D eigenvalue weighted by atomic mass is 9.64. The van der Waals surface area contributed by atoms with Crippen LogP contribution in [0.3, 0.4) is 0 Å². The monoisotopic (exact) mass is 581 g/mol. The molecule has 0 bridgehead atoms. The molecule has 0 aliphatic heterocycles. The van der Waals surface area contributed by atoms with Crippen molar-refractivity contribution in [1.82, 2.24) is 4.31 Å². The maximum Gasteiger partial charge on any atom is 0.387 e. The van der Waals surface area contributed by atoms with Crippen LogP contribution in [0.15, 0.2) is 75.8 Å². The van der Waals surface area contributed by atoms with E-state index in [-0.39, 0.29) is 40.9 Å². The second-order valence-corrected chi connectivity index (χ2v) is 12.6. The molecule has 1 aliphatic rings. The number of hydrogen-bond acceptors (Lipinski definition) is 5. The zero-order valence-corrected chi connectivity index (χ0v) is 24.1. The molecule has 3 rings (SSSR count). The van der Waals surface area contributed by atoms with Crippen LogP contribution < -0.4 is 4.74 Å². The lowest BCUT2D eigenvalue weighted by Gasteiger charge is -2.44. The van der Waals surface area contributed by atoms with Crippen LogP contribution in [0.25, 0.3) is 5.70 Å². The number of azo groups is 1. The molecule has 0 spiro atoms. The summed E-state index contributed by atoms with van der Waals surface area (Å²) < 4.78 is 86.8. The van der Waals surface area contributed by atoms with E-state index >= 15 is 0 Å². The number of rotatable bonds is 11. The topological polar surface area (TPSA) is 71.3 Å². The Morgan fingerprint density at radius 3 is 2.27 bits per heavy atom. The predicted octanol–water partition coefficient (Wildman–Crippen LogP) is 7.70. The van der Waals surface area contributed by atoms with Crippen LogP contribution in [0.5, 0.6) is 5.75 Å².